The number of nitrogens with one attached hydrogen (secondary N) is 2. The zero-order valence-electron chi connectivity index (χ0n) is 23.0. The Morgan fingerprint density at radius 3 is 2.41 bits per heavy atom. The highest BCUT2D eigenvalue weighted by atomic mass is 35.5. The number of hydrogen-bond acceptors (Lipinski definition) is 5. The number of rotatable bonds is 14. The summed E-state index contributed by atoms with van der Waals surface area (Å²) in [5, 5.41) is 16.3. The number of benzene rings is 3. The Hall–Kier alpha value is -4.04. The molecule has 216 valence electrons. The number of anilines is 2. The average Bonchev–Trinajstić information content (AvgIpc) is 2.92. The van der Waals surface area contributed by atoms with Gasteiger partial charge in [0.15, 0.2) is 0 Å². The van der Waals surface area contributed by atoms with Gasteiger partial charge in [-0.1, -0.05) is 35.9 Å². The van der Waals surface area contributed by atoms with Crippen LogP contribution in [-0.2, 0) is 11.2 Å². The second kappa shape index (κ2) is 14.6. The molecule has 7 nitrogen and oxygen atoms in total. The van der Waals surface area contributed by atoms with Gasteiger partial charge in [0.05, 0.1) is 35.8 Å². The summed E-state index contributed by atoms with van der Waals surface area (Å²) in [7, 11) is 1.60. The minimum Gasteiger partial charge on any atom is -0.494 e. The van der Waals surface area contributed by atoms with E-state index >= 15 is 0 Å². The van der Waals surface area contributed by atoms with E-state index < -0.39 is 12.1 Å². The molecule has 0 aromatic heterocycles. The quantitative estimate of drug-likeness (QED) is 0.176. The fourth-order valence-corrected chi connectivity index (χ4v) is 4.62. The molecule has 0 spiro atoms. The highest BCUT2D eigenvalue weighted by molar-refractivity contribution is 6.33. The van der Waals surface area contributed by atoms with Gasteiger partial charge in [-0.15, -0.1) is 0 Å². The molecule has 0 radical (unpaired) electrons. The molecule has 0 saturated heterocycles. The van der Waals surface area contributed by atoms with Crippen LogP contribution in [-0.4, -0.2) is 48.3 Å². The summed E-state index contributed by atoms with van der Waals surface area (Å²) in [6, 6.07) is 21.5. The first kappa shape index (κ1) is 29.9. The van der Waals surface area contributed by atoms with Gasteiger partial charge in [-0.3, -0.25) is 4.79 Å². The second-order valence-corrected chi connectivity index (χ2v) is 10.5. The fraction of sp³-hybridized carbons (Fsp3) is 0.312. The van der Waals surface area contributed by atoms with Crippen LogP contribution in [0.3, 0.4) is 0 Å². The number of carbonyl (C=O) groups is 2. The number of amides is 1. The summed E-state index contributed by atoms with van der Waals surface area (Å²) >= 11 is 6.59. The molecule has 9 heteroatoms. The molecule has 0 heterocycles. The minimum atomic E-state index is -1.19. The first-order chi connectivity index (χ1) is 19.8. The van der Waals surface area contributed by atoms with Crippen LogP contribution >= 0.6 is 11.6 Å². The van der Waals surface area contributed by atoms with Gasteiger partial charge in [0.2, 0.25) is 5.91 Å². The predicted molar refractivity (Wildman–Crippen MR) is 160 cm³/mol. The van der Waals surface area contributed by atoms with Crippen LogP contribution in [0.2, 0.25) is 5.02 Å². The topological polar surface area (TPSA) is 90.9 Å². The smallest absolute Gasteiger partial charge is 0.335 e. The van der Waals surface area contributed by atoms with Gasteiger partial charge in [-0.25, -0.2) is 9.18 Å². The van der Waals surface area contributed by atoms with Gasteiger partial charge < -0.3 is 25.4 Å². The summed E-state index contributed by atoms with van der Waals surface area (Å²) < 4.78 is 20.1. The number of nitrogens with zero attached hydrogens (tertiary/aromatic N) is 1. The molecule has 1 atom stereocenters. The van der Waals surface area contributed by atoms with Crippen LogP contribution in [0, 0.1) is 0 Å². The van der Waals surface area contributed by atoms with Gasteiger partial charge in [-0.05, 0) is 91.8 Å². The Balaban J connectivity index is 1.22. The number of carbonyl (C=O) groups excluding carboxylic acids is 1. The Morgan fingerprint density at radius 2 is 1.78 bits per heavy atom. The molecule has 1 fully saturated rings. The summed E-state index contributed by atoms with van der Waals surface area (Å²) in [6.07, 6.45) is 2.86. The van der Waals surface area contributed by atoms with Gasteiger partial charge in [0, 0.05) is 12.7 Å². The van der Waals surface area contributed by atoms with E-state index in [1.54, 1.807) is 25.2 Å². The number of likely N-dealkylation sites (N-methyl/N-ethyl adjacent to an activating group) is 1. The average molecular weight is 580 g/mol. The fourth-order valence-electron chi connectivity index (χ4n) is 4.37. The van der Waals surface area contributed by atoms with E-state index in [1.807, 2.05) is 42.5 Å². The number of para-hydroxylation sites is 1. The maximum absolute atomic E-state index is 14.6. The Bertz CT molecular complexity index is 1360. The third kappa shape index (κ3) is 8.98. The van der Waals surface area contributed by atoms with E-state index in [-0.39, 0.29) is 30.9 Å². The van der Waals surface area contributed by atoms with Gasteiger partial charge >= 0.3 is 5.97 Å². The third-order valence-corrected chi connectivity index (χ3v) is 7.24. The Labute approximate surface area is 245 Å². The number of carboxylic acids is 1. The summed E-state index contributed by atoms with van der Waals surface area (Å²) in [6.45, 7) is 0.282. The zero-order valence-corrected chi connectivity index (χ0v) is 23.8. The molecule has 1 saturated carbocycles. The van der Waals surface area contributed by atoms with E-state index in [0.29, 0.717) is 23.8 Å². The Morgan fingerprint density at radius 1 is 1.05 bits per heavy atom. The molecule has 0 bridgehead atoms. The van der Waals surface area contributed by atoms with Crippen LogP contribution < -0.4 is 15.4 Å². The molecule has 3 N–H and O–H groups in total. The predicted octanol–water partition coefficient (Wildman–Crippen LogP) is 7.16. The lowest BCUT2D eigenvalue weighted by molar-refractivity contribution is -0.129. The minimum absolute atomic E-state index is 0.0123. The van der Waals surface area contributed by atoms with Crippen molar-refractivity contribution < 1.29 is 23.8 Å². The zero-order chi connectivity index (χ0) is 29.2. The van der Waals surface area contributed by atoms with Crippen molar-refractivity contribution in [1.29, 1.82) is 0 Å². The van der Waals surface area contributed by atoms with Crippen molar-refractivity contribution >= 4 is 34.9 Å². The van der Waals surface area contributed by atoms with Crippen LogP contribution in [0.4, 0.5) is 15.8 Å². The monoisotopic (exact) mass is 579 g/mol. The van der Waals surface area contributed by atoms with Crippen molar-refractivity contribution in [2.24, 2.45) is 0 Å². The number of hydrogen-bond donors (Lipinski definition) is 3. The first-order valence-electron chi connectivity index (χ1n) is 13.7. The number of allylic oxidation sites excluding steroid dienone is 1. The third-order valence-electron chi connectivity index (χ3n) is 6.93. The maximum Gasteiger partial charge on any atom is 0.335 e. The molecule has 1 unspecified atom stereocenters. The highest BCUT2D eigenvalue weighted by Crippen LogP contribution is 2.32. The highest BCUT2D eigenvalue weighted by Gasteiger charge is 2.18. The molecule has 1 amide bonds. The van der Waals surface area contributed by atoms with E-state index in [2.05, 4.69) is 10.6 Å². The van der Waals surface area contributed by atoms with Crippen molar-refractivity contribution in [3.8, 4) is 5.75 Å². The summed E-state index contributed by atoms with van der Waals surface area (Å²) in [5.74, 6) is 0.266. The van der Waals surface area contributed by atoms with Crippen molar-refractivity contribution in [2.45, 2.75) is 44.7 Å². The molecule has 3 aromatic rings. The van der Waals surface area contributed by atoms with Crippen molar-refractivity contribution in [1.82, 2.24) is 4.90 Å². The number of ether oxygens (including phenoxy) is 1. The van der Waals surface area contributed by atoms with Crippen LogP contribution in [0.25, 0.3) is 0 Å². The standard InChI is InChI=1S/C32H35ClFN3O4/c1-37(21-25(34)9-6-18-41-27-15-13-24(14-16-27)32(39)40)30(38)20-22-12-17-29(28(33)19-22)36-31(23-7-5-8-23)35-26-10-3-2-4-11-26/h2-4,10-17,19,25,35-36H,5-9,18,20-21H2,1H3,(H,39,40). The lowest BCUT2D eigenvalue weighted by Gasteiger charge is -2.25. The molecule has 1 aliphatic rings. The molecule has 41 heavy (non-hydrogen) atoms. The molecular formula is C32H35ClFN3O4. The lowest BCUT2D eigenvalue weighted by Crippen LogP contribution is -2.33. The van der Waals surface area contributed by atoms with Gasteiger partial charge in [-0.2, -0.15) is 0 Å². The van der Waals surface area contributed by atoms with Gasteiger partial charge in [0.25, 0.3) is 0 Å². The van der Waals surface area contributed by atoms with E-state index in [4.69, 9.17) is 21.4 Å². The molecule has 1 aliphatic carbocycles. The molecule has 0 aliphatic heterocycles. The number of halogens is 2. The largest absolute Gasteiger partial charge is 0.494 e. The normalized spacial score (nSPS) is 13.1. The molecule has 4 rings (SSSR count). The van der Waals surface area contributed by atoms with Crippen molar-refractivity contribution in [3.63, 3.8) is 0 Å². The van der Waals surface area contributed by atoms with Gasteiger partial charge in [0.1, 0.15) is 17.7 Å². The van der Waals surface area contributed by atoms with Crippen molar-refractivity contribution in [2.75, 3.05) is 30.8 Å². The van der Waals surface area contributed by atoms with Crippen LogP contribution in [0.5, 0.6) is 5.75 Å². The first-order valence-corrected chi connectivity index (χ1v) is 14.1. The molecular weight excluding hydrogens is 545 g/mol. The van der Waals surface area contributed by atoms with Crippen LogP contribution in [0.15, 0.2) is 84.2 Å². The van der Waals surface area contributed by atoms with E-state index in [0.717, 1.165) is 42.0 Å². The van der Waals surface area contributed by atoms with Crippen molar-refractivity contribution in [3.05, 3.63) is 100 Å². The summed E-state index contributed by atoms with van der Waals surface area (Å²) in [5.41, 5.74) is 3.98. The SMILES string of the molecule is CN(CC(F)CCCOc1ccc(C(=O)O)cc1)C(=O)Cc1ccc(NC(Nc2ccccc2)=C2CCC2)c(Cl)c1. The van der Waals surface area contributed by atoms with Crippen LogP contribution in [0.1, 0.15) is 48.0 Å². The van der Waals surface area contributed by atoms with E-state index in [1.165, 1.54) is 22.6 Å². The Kier molecular flexibility index (Phi) is 10.6. The lowest BCUT2D eigenvalue weighted by atomic mass is 9.92. The maximum atomic E-state index is 14.6. The second-order valence-electron chi connectivity index (χ2n) is 10.1. The number of alkyl halides is 1. The number of aromatic carboxylic acids is 1. The van der Waals surface area contributed by atoms with E-state index in [9.17, 15) is 14.0 Å². The summed E-state index contributed by atoms with van der Waals surface area (Å²) in [4.78, 5) is 25.1. The molecule has 3 aromatic carbocycles. The number of carboxylic acid groups (broad SMARTS) is 1.